The van der Waals surface area contributed by atoms with Gasteiger partial charge in [-0.15, -0.1) is 0 Å². The van der Waals surface area contributed by atoms with Crippen LogP contribution < -0.4 is 10.5 Å². The number of anilines is 1. The van der Waals surface area contributed by atoms with Gasteiger partial charge in [0, 0.05) is 24.1 Å². The maximum atomic E-state index is 13.5. The Bertz CT molecular complexity index is 1220. The molecule has 1 aliphatic heterocycles. The molecule has 0 saturated carbocycles. The zero-order chi connectivity index (χ0) is 20.9. The maximum Gasteiger partial charge on any atom is 0.266 e. The van der Waals surface area contributed by atoms with Gasteiger partial charge in [-0.3, -0.25) is 14.2 Å². The number of rotatable bonds is 2. The molecule has 2 heterocycles. The zero-order valence-electron chi connectivity index (χ0n) is 16.1. The maximum absolute atomic E-state index is 13.5. The van der Waals surface area contributed by atoms with Gasteiger partial charge in [0.25, 0.3) is 5.56 Å². The van der Waals surface area contributed by atoms with Crippen molar-refractivity contribution in [3.05, 3.63) is 69.7 Å². The first-order valence-corrected chi connectivity index (χ1v) is 10.9. The van der Waals surface area contributed by atoms with Crippen molar-refractivity contribution in [1.29, 1.82) is 0 Å². The third-order valence-electron chi connectivity index (χ3n) is 5.15. The Morgan fingerprint density at radius 3 is 2.55 bits per heavy atom. The molecule has 0 unspecified atom stereocenters. The third-order valence-corrected chi connectivity index (χ3v) is 5.96. The third kappa shape index (κ3) is 3.38. The largest absolute Gasteiger partial charge is 0.312 e. The second-order valence-electron chi connectivity index (χ2n) is 7.08. The predicted molar refractivity (Wildman–Crippen MR) is 126 cm³/mol. The minimum atomic E-state index is -0.147. The number of amides is 1. The van der Waals surface area contributed by atoms with Crippen LogP contribution in [0.3, 0.4) is 0 Å². The van der Waals surface area contributed by atoms with Crippen molar-refractivity contribution in [2.24, 2.45) is 0 Å². The number of alkyl halides is 1. The van der Waals surface area contributed by atoms with Crippen molar-refractivity contribution >= 4 is 62.3 Å². The molecule has 1 atom stereocenters. The number of halogens is 2. The Morgan fingerprint density at radius 1 is 1.24 bits per heavy atom. The van der Waals surface area contributed by atoms with Gasteiger partial charge in [-0.25, -0.2) is 4.98 Å². The summed E-state index contributed by atoms with van der Waals surface area (Å²) < 4.78 is 1.62. The molecule has 0 fully saturated rings. The van der Waals surface area contributed by atoms with Crippen LogP contribution in [0.5, 0.6) is 0 Å². The molecule has 0 saturated heterocycles. The van der Waals surface area contributed by atoms with Gasteiger partial charge in [0.15, 0.2) is 0 Å². The molecule has 148 valence electrons. The smallest absolute Gasteiger partial charge is 0.266 e. The second-order valence-corrected chi connectivity index (χ2v) is 9.39. The first-order chi connectivity index (χ1) is 13.8. The Hall–Kier alpha value is -2.19. The standard InChI is InChI=1S/C22H19ClIN3O2/c1-12-10-11-26(14(3)28)18-9-8-17-20(19(12)18)25-21(13(2)24)27(22(17)29)16-6-4-15(23)5-7-16/h4-9,13H,1,10-11H2,2-3H3/t13-/m0/s1. The molecule has 4 rings (SSSR count). The number of benzene rings is 2. The van der Waals surface area contributed by atoms with E-state index in [-0.39, 0.29) is 15.4 Å². The van der Waals surface area contributed by atoms with E-state index in [2.05, 4.69) is 29.2 Å². The van der Waals surface area contributed by atoms with Crippen LogP contribution in [0.4, 0.5) is 5.69 Å². The SMILES string of the molecule is C=C1CCN(C(C)=O)c2ccc3c(=O)n(-c4ccc(Cl)cc4)c([C@H](C)I)nc3c21. The van der Waals surface area contributed by atoms with E-state index < -0.39 is 0 Å². The van der Waals surface area contributed by atoms with Crippen LogP contribution in [0.1, 0.15) is 35.6 Å². The van der Waals surface area contributed by atoms with E-state index in [1.165, 1.54) is 0 Å². The summed E-state index contributed by atoms with van der Waals surface area (Å²) in [4.78, 5) is 32.3. The minimum Gasteiger partial charge on any atom is -0.312 e. The van der Waals surface area contributed by atoms with E-state index >= 15 is 0 Å². The predicted octanol–water partition coefficient (Wildman–Crippen LogP) is 5.30. The summed E-state index contributed by atoms with van der Waals surface area (Å²) in [7, 11) is 0. The lowest BCUT2D eigenvalue weighted by Gasteiger charge is -2.30. The van der Waals surface area contributed by atoms with Gasteiger partial charge in [0.2, 0.25) is 5.91 Å². The van der Waals surface area contributed by atoms with E-state index in [0.717, 1.165) is 16.8 Å². The number of carbonyl (C=O) groups is 1. The fraction of sp³-hybridized carbons (Fsp3) is 0.227. The summed E-state index contributed by atoms with van der Waals surface area (Å²) in [6.45, 7) is 8.32. The molecule has 7 heteroatoms. The lowest BCUT2D eigenvalue weighted by atomic mass is 9.94. The first-order valence-electron chi connectivity index (χ1n) is 9.25. The van der Waals surface area contributed by atoms with E-state index in [4.69, 9.17) is 16.6 Å². The quantitative estimate of drug-likeness (QED) is 0.341. The molecule has 0 spiro atoms. The molecular formula is C22H19ClIN3O2. The molecule has 3 aromatic rings. The molecule has 5 nitrogen and oxygen atoms in total. The van der Waals surface area contributed by atoms with Crippen LogP contribution >= 0.6 is 34.2 Å². The van der Waals surface area contributed by atoms with Crippen LogP contribution in [-0.4, -0.2) is 22.0 Å². The molecule has 0 bridgehead atoms. The van der Waals surface area contributed by atoms with Crippen LogP contribution in [0.25, 0.3) is 22.2 Å². The molecule has 1 amide bonds. The lowest BCUT2D eigenvalue weighted by molar-refractivity contribution is -0.116. The number of carbonyl (C=O) groups excluding carboxylic acids is 1. The Kier molecular flexibility index (Phi) is 5.25. The average molecular weight is 520 g/mol. The van der Waals surface area contributed by atoms with Gasteiger partial charge >= 0.3 is 0 Å². The molecule has 0 N–H and O–H groups in total. The van der Waals surface area contributed by atoms with Crippen molar-refractivity contribution in [3.63, 3.8) is 0 Å². The molecule has 0 radical (unpaired) electrons. The van der Waals surface area contributed by atoms with Crippen molar-refractivity contribution in [1.82, 2.24) is 9.55 Å². The summed E-state index contributed by atoms with van der Waals surface area (Å²) in [5.41, 5.74) is 3.63. The number of hydrogen-bond donors (Lipinski definition) is 0. The van der Waals surface area contributed by atoms with Gasteiger partial charge in [0.05, 0.1) is 26.2 Å². The Balaban J connectivity index is 2.08. The molecule has 2 aromatic carbocycles. The topological polar surface area (TPSA) is 55.2 Å². The molecule has 1 aliphatic rings. The summed E-state index contributed by atoms with van der Waals surface area (Å²) in [6, 6.07) is 10.7. The molecule has 0 aliphatic carbocycles. The van der Waals surface area contributed by atoms with Gasteiger partial charge < -0.3 is 4.90 Å². The normalized spacial score (nSPS) is 14.8. The van der Waals surface area contributed by atoms with Crippen molar-refractivity contribution in [2.45, 2.75) is 24.2 Å². The van der Waals surface area contributed by atoms with E-state index in [1.54, 1.807) is 34.6 Å². The van der Waals surface area contributed by atoms with E-state index in [9.17, 15) is 9.59 Å². The van der Waals surface area contributed by atoms with Gasteiger partial charge in [-0.2, -0.15) is 0 Å². The highest BCUT2D eigenvalue weighted by atomic mass is 127. The highest BCUT2D eigenvalue weighted by Crippen LogP contribution is 2.38. The van der Waals surface area contributed by atoms with Gasteiger partial charge in [-0.05, 0) is 55.3 Å². The fourth-order valence-corrected chi connectivity index (χ4v) is 4.30. The summed E-state index contributed by atoms with van der Waals surface area (Å²) in [5.74, 6) is 0.613. The summed E-state index contributed by atoms with van der Waals surface area (Å²) >= 11 is 8.28. The first kappa shape index (κ1) is 20.1. The van der Waals surface area contributed by atoms with Crippen molar-refractivity contribution < 1.29 is 4.79 Å². The van der Waals surface area contributed by atoms with Crippen molar-refractivity contribution in [3.8, 4) is 5.69 Å². The lowest BCUT2D eigenvalue weighted by Crippen LogP contribution is -2.33. The van der Waals surface area contributed by atoms with Crippen LogP contribution in [0.2, 0.25) is 5.02 Å². The number of nitrogens with zero attached hydrogens (tertiary/aromatic N) is 3. The number of fused-ring (bicyclic) bond motifs is 3. The summed E-state index contributed by atoms with van der Waals surface area (Å²) in [5, 5.41) is 1.11. The zero-order valence-corrected chi connectivity index (χ0v) is 19.0. The van der Waals surface area contributed by atoms with Gasteiger partial charge in [0.1, 0.15) is 5.82 Å². The van der Waals surface area contributed by atoms with E-state index in [1.807, 2.05) is 25.1 Å². The highest BCUT2D eigenvalue weighted by Gasteiger charge is 2.27. The van der Waals surface area contributed by atoms with Crippen molar-refractivity contribution in [2.75, 3.05) is 11.4 Å². The summed E-state index contributed by atoms with van der Waals surface area (Å²) in [6.07, 6.45) is 0.656. The fourth-order valence-electron chi connectivity index (χ4n) is 3.76. The number of aromatic nitrogens is 2. The molecule has 1 aromatic heterocycles. The monoisotopic (exact) mass is 519 g/mol. The molecule has 29 heavy (non-hydrogen) atoms. The van der Waals surface area contributed by atoms with E-state index in [0.29, 0.717) is 40.4 Å². The Labute approximate surface area is 187 Å². The highest BCUT2D eigenvalue weighted by molar-refractivity contribution is 14.1. The Morgan fingerprint density at radius 2 is 1.93 bits per heavy atom. The minimum absolute atomic E-state index is 0.0167. The van der Waals surface area contributed by atoms with Gasteiger partial charge in [-0.1, -0.05) is 40.8 Å². The average Bonchev–Trinajstić information content (AvgIpc) is 2.68. The molecular weight excluding hydrogens is 501 g/mol. The second kappa shape index (κ2) is 7.57. The van der Waals surface area contributed by atoms with Crippen LogP contribution in [0, 0.1) is 0 Å². The number of hydrogen-bond acceptors (Lipinski definition) is 3. The van der Waals surface area contributed by atoms with Crippen LogP contribution in [0.15, 0.2) is 47.8 Å². The van der Waals surface area contributed by atoms with Crippen LogP contribution in [-0.2, 0) is 4.79 Å².